The number of esters is 2. The zero-order valence-corrected chi connectivity index (χ0v) is 27.5. The summed E-state index contributed by atoms with van der Waals surface area (Å²) in [6.07, 6.45) is 4.30. The van der Waals surface area contributed by atoms with Gasteiger partial charge in [0.2, 0.25) is 11.5 Å². The van der Waals surface area contributed by atoms with Crippen LogP contribution in [0.25, 0.3) is 27.5 Å². The third-order valence-corrected chi connectivity index (χ3v) is 9.99. The second-order valence-corrected chi connectivity index (χ2v) is 14.1. The number of hydrogen-bond donors (Lipinski definition) is 1. The number of nitrogens with one attached hydrogen (secondary N) is 1. The van der Waals surface area contributed by atoms with E-state index in [1.807, 2.05) is 37.3 Å². The van der Waals surface area contributed by atoms with Gasteiger partial charge in [-0.2, -0.15) is 4.40 Å². The molecule has 9 nitrogen and oxygen atoms in total. The first kappa shape index (κ1) is 29.6. The molecule has 1 atom stereocenters. The largest absolute Gasteiger partial charge is 0.488 e. The van der Waals surface area contributed by atoms with Crippen molar-refractivity contribution in [1.82, 2.24) is 4.40 Å². The monoisotopic (exact) mass is 629 g/mol. The molecule has 0 saturated carbocycles. The molecule has 45 heavy (non-hydrogen) atoms. The van der Waals surface area contributed by atoms with E-state index in [2.05, 4.69) is 46.0 Å². The summed E-state index contributed by atoms with van der Waals surface area (Å²) in [5.41, 5.74) is 7.30. The summed E-state index contributed by atoms with van der Waals surface area (Å²) in [7, 11) is 1.42. The second-order valence-electron chi connectivity index (χ2n) is 13.1. The Kier molecular flexibility index (Phi) is 7.50. The van der Waals surface area contributed by atoms with E-state index in [0.717, 1.165) is 77.8 Å². The minimum absolute atomic E-state index is 0.130. The highest BCUT2D eigenvalue weighted by molar-refractivity contribution is 7.19. The van der Waals surface area contributed by atoms with Gasteiger partial charge in [0.1, 0.15) is 18.4 Å². The average molecular weight is 630 g/mol. The number of imidazole rings is 1. The fourth-order valence-electron chi connectivity index (χ4n) is 7.17. The minimum atomic E-state index is -0.369. The van der Waals surface area contributed by atoms with Crippen molar-refractivity contribution in [3.63, 3.8) is 0 Å². The maximum atomic E-state index is 13.6. The van der Waals surface area contributed by atoms with Gasteiger partial charge in [-0.05, 0) is 76.3 Å². The highest BCUT2D eigenvalue weighted by Gasteiger charge is 2.44. The normalized spacial score (nSPS) is 17.1. The highest BCUT2D eigenvalue weighted by Crippen LogP contribution is 2.50. The molecule has 0 aliphatic carbocycles. The van der Waals surface area contributed by atoms with Gasteiger partial charge >= 0.3 is 16.9 Å². The number of hydrogen-bond acceptors (Lipinski definition) is 8. The standard InChI is InChI=1S/C35H41N4O5S/c1-6-43-33(41)31-28(21-12-8-7-9-13-21)39-32(36-35(2,3)4)29-25-18-22-14-10-16-37-17-11-15-24(27(22)37)30(25)44-20-23(19-26(40)42-5)38(29)34(39)45-31/h7-9,12-13,18,23,36H,6,10-11,14-17,19-20H2,1-5H3/q+1. The van der Waals surface area contributed by atoms with E-state index in [4.69, 9.17) is 14.2 Å². The highest BCUT2D eigenvalue weighted by atomic mass is 32.1. The van der Waals surface area contributed by atoms with Crippen molar-refractivity contribution < 1.29 is 28.4 Å². The van der Waals surface area contributed by atoms with Crippen LogP contribution in [0.5, 0.6) is 5.75 Å². The Bertz CT molecular complexity index is 1800. The van der Waals surface area contributed by atoms with E-state index in [9.17, 15) is 9.59 Å². The number of anilines is 2. The Balaban J connectivity index is 1.61. The van der Waals surface area contributed by atoms with Crippen molar-refractivity contribution in [2.45, 2.75) is 71.4 Å². The van der Waals surface area contributed by atoms with E-state index in [1.165, 1.54) is 35.3 Å². The van der Waals surface area contributed by atoms with Crippen LogP contribution in [-0.4, -0.2) is 55.3 Å². The van der Waals surface area contributed by atoms with Gasteiger partial charge in [0, 0.05) is 35.4 Å². The molecule has 1 N–H and O–H groups in total. The fourth-order valence-corrected chi connectivity index (χ4v) is 8.41. The maximum Gasteiger partial charge on any atom is 0.353 e. The topological polar surface area (TPSA) is 85.4 Å². The van der Waals surface area contributed by atoms with Crippen molar-refractivity contribution in [2.24, 2.45) is 0 Å². The van der Waals surface area contributed by atoms with Gasteiger partial charge in [-0.1, -0.05) is 30.3 Å². The number of thiazole rings is 1. The molecule has 4 aromatic rings. The lowest BCUT2D eigenvalue weighted by atomic mass is 9.88. The van der Waals surface area contributed by atoms with Crippen LogP contribution in [0.1, 0.15) is 73.8 Å². The van der Waals surface area contributed by atoms with Crippen molar-refractivity contribution in [3.05, 3.63) is 52.4 Å². The lowest BCUT2D eigenvalue weighted by Gasteiger charge is -2.38. The molecular weight excluding hydrogens is 588 g/mol. The molecule has 1 unspecified atom stereocenters. The Morgan fingerprint density at radius 3 is 2.60 bits per heavy atom. The Hall–Kier alpha value is -4.05. The van der Waals surface area contributed by atoms with Crippen molar-refractivity contribution in [3.8, 4) is 28.3 Å². The molecular formula is C35H41N4O5S+. The molecule has 0 fully saturated rings. The molecule has 236 valence electrons. The maximum absolute atomic E-state index is 13.6. The molecule has 0 spiro atoms. The number of aryl methyl sites for hydroxylation is 1. The number of rotatable bonds is 6. The SMILES string of the molecule is CCOC(=O)c1sc2n(c(NC(C)(C)C)c3[n+]2C(CC(=O)OC)COc2c-3cc3c4c2CCCN4CCC3)c1-c1ccccc1. The number of nitrogens with zero attached hydrogens (tertiary/aromatic N) is 3. The van der Waals surface area contributed by atoms with Gasteiger partial charge < -0.3 is 24.4 Å². The van der Waals surface area contributed by atoms with E-state index >= 15 is 0 Å². The Morgan fingerprint density at radius 1 is 1.13 bits per heavy atom. The third-order valence-electron chi connectivity index (χ3n) is 8.86. The van der Waals surface area contributed by atoms with E-state index in [-0.39, 0.29) is 36.5 Å². The van der Waals surface area contributed by atoms with E-state index in [0.29, 0.717) is 11.5 Å². The number of benzene rings is 2. The number of aromatic nitrogens is 2. The quantitative estimate of drug-likeness (QED) is 0.201. The van der Waals surface area contributed by atoms with Crippen LogP contribution in [0.4, 0.5) is 11.5 Å². The molecule has 7 rings (SSSR count). The number of ether oxygens (including phenoxy) is 3. The number of carbonyl (C=O) groups is 2. The van der Waals surface area contributed by atoms with Gasteiger partial charge in [0.15, 0.2) is 10.6 Å². The van der Waals surface area contributed by atoms with Crippen LogP contribution >= 0.6 is 11.3 Å². The van der Waals surface area contributed by atoms with Crippen molar-refractivity contribution in [2.75, 3.05) is 43.6 Å². The Morgan fingerprint density at radius 2 is 1.89 bits per heavy atom. The summed E-state index contributed by atoms with van der Waals surface area (Å²) in [4.78, 5) is 30.4. The molecule has 0 radical (unpaired) electrons. The summed E-state index contributed by atoms with van der Waals surface area (Å²) in [5, 5.41) is 3.84. The number of fused-ring (bicyclic) bond motifs is 6. The average Bonchev–Trinajstić information content (AvgIpc) is 3.49. The van der Waals surface area contributed by atoms with Crippen LogP contribution in [-0.2, 0) is 27.1 Å². The lowest BCUT2D eigenvalue weighted by Crippen LogP contribution is -2.43. The van der Waals surface area contributed by atoms with Gasteiger partial charge in [-0.15, -0.1) is 0 Å². The molecule has 0 amide bonds. The molecule has 10 heteroatoms. The zero-order valence-electron chi connectivity index (χ0n) is 26.7. The first-order valence-corrected chi connectivity index (χ1v) is 16.8. The summed E-state index contributed by atoms with van der Waals surface area (Å²) >= 11 is 1.40. The first-order chi connectivity index (χ1) is 21.7. The predicted octanol–water partition coefficient (Wildman–Crippen LogP) is 6.20. The number of carbonyl (C=O) groups excluding carboxylic acids is 2. The summed E-state index contributed by atoms with van der Waals surface area (Å²) in [6.45, 7) is 10.9. The van der Waals surface area contributed by atoms with Gasteiger partial charge in [0.25, 0.3) is 0 Å². The summed E-state index contributed by atoms with van der Waals surface area (Å²) < 4.78 is 22.0. The van der Waals surface area contributed by atoms with Crippen LogP contribution in [0, 0.1) is 0 Å². The Labute approximate surface area is 267 Å². The van der Waals surface area contributed by atoms with Crippen molar-refractivity contribution in [1.29, 1.82) is 0 Å². The summed E-state index contributed by atoms with van der Waals surface area (Å²) in [5.74, 6) is 1.09. The molecule has 3 aliphatic heterocycles. The predicted molar refractivity (Wildman–Crippen MR) is 176 cm³/mol. The smallest absolute Gasteiger partial charge is 0.353 e. The molecule has 2 aromatic heterocycles. The van der Waals surface area contributed by atoms with E-state index < -0.39 is 0 Å². The lowest BCUT2D eigenvalue weighted by molar-refractivity contribution is -0.684. The van der Waals surface area contributed by atoms with Gasteiger partial charge in [-0.3, -0.25) is 4.79 Å². The molecule has 0 bridgehead atoms. The van der Waals surface area contributed by atoms with Crippen molar-refractivity contribution >= 4 is 39.7 Å². The van der Waals surface area contributed by atoms with Crippen LogP contribution in [0.2, 0.25) is 0 Å². The molecule has 0 saturated heterocycles. The number of methoxy groups -OCH3 is 1. The first-order valence-electron chi connectivity index (χ1n) is 16.0. The third kappa shape index (κ3) is 5.03. The molecule has 2 aromatic carbocycles. The summed E-state index contributed by atoms with van der Waals surface area (Å²) in [6, 6.07) is 12.0. The molecule has 5 heterocycles. The van der Waals surface area contributed by atoms with Crippen LogP contribution < -0.4 is 19.5 Å². The minimum Gasteiger partial charge on any atom is -0.488 e. The van der Waals surface area contributed by atoms with Gasteiger partial charge in [0.05, 0.1) is 25.7 Å². The second kappa shape index (κ2) is 11.4. The van der Waals surface area contributed by atoms with Gasteiger partial charge in [-0.25, -0.2) is 9.36 Å². The zero-order chi connectivity index (χ0) is 31.5. The fraction of sp³-hybridized carbons (Fsp3) is 0.457. The molecule has 3 aliphatic rings. The van der Waals surface area contributed by atoms with Crippen LogP contribution in [0.3, 0.4) is 0 Å². The van der Waals surface area contributed by atoms with E-state index in [1.54, 1.807) is 0 Å². The van der Waals surface area contributed by atoms with Crippen LogP contribution in [0.15, 0.2) is 36.4 Å².